The number of halogens is 1. The highest BCUT2D eigenvalue weighted by molar-refractivity contribution is 9.10. The molecule has 1 N–H and O–H groups in total. The van der Waals surface area contributed by atoms with E-state index in [2.05, 4.69) is 39.6 Å². The Bertz CT molecular complexity index is 527. The van der Waals surface area contributed by atoms with Crippen molar-refractivity contribution in [2.45, 2.75) is 52.2 Å². The van der Waals surface area contributed by atoms with Gasteiger partial charge in [-0.2, -0.15) is 0 Å². The number of thiophene rings is 1. The molecule has 0 radical (unpaired) electrons. The zero-order valence-electron chi connectivity index (χ0n) is 14.4. The van der Waals surface area contributed by atoms with Crippen molar-refractivity contribution < 1.29 is 9.53 Å². The maximum Gasteiger partial charge on any atom is 0.410 e. The van der Waals surface area contributed by atoms with Crippen LogP contribution in [-0.4, -0.2) is 36.2 Å². The average molecular weight is 403 g/mol. The number of hydrogen-bond acceptors (Lipinski definition) is 4. The largest absolute Gasteiger partial charge is 0.444 e. The summed E-state index contributed by atoms with van der Waals surface area (Å²) in [6, 6.07) is 2.54. The van der Waals surface area contributed by atoms with Gasteiger partial charge in [0.05, 0.1) is 0 Å². The Morgan fingerprint density at radius 3 is 2.91 bits per heavy atom. The van der Waals surface area contributed by atoms with Crippen LogP contribution in [-0.2, 0) is 4.74 Å². The van der Waals surface area contributed by atoms with Gasteiger partial charge >= 0.3 is 6.09 Å². The summed E-state index contributed by atoms with van der Waals surface area (Å²) in [7, 11) is 0. The molecule has 1 fully saturated rings. The van der Waals surface area contributed by atoms with Gasteiger partial charge in [0.25, 0.3) is 0 Å². The predicted molar refractivity (Wildman–Crippen MR) is 99.0 cm³/mol. The fourth-order valence-electron chi connectivity index (χ4n) is 2.72. The Hall–Kier alpha value is -0.590. The minimum absolute atomic E-state index is 0.176. The fraction of sp³-hybridized carbons (Fsp3) is 0.706. The zero-order valence-corrected chi connectivity index (χ0v) is 16.8. The summed E-state index contributed by atoms with van der Waals surface area (Å²) >= 11 is 5.27. The maximum atomic E-state index is 12.1. The Morgan fingerprint density at radius 1 is 1.57 bits per heavy atom. The molecular weight excluding hydrogens is 376 g/mol. The summed E-state index contributed by atoms with van der Waals surface area (Å²) < 4.78 is 6.59. The second-order valence-corrected chi connectivity index (χ2v) is 9.07. The van der Waals surface area contributed by atoms with E-state index in [1.165, 1.54) is 4.88 Å². The van der Waals surface area contributed by atoms with E-state index in [1.807, 2.05) is 25.7 Å². The van der Waals surface area contributed by atoms with Crippen LogP contribution in [0.4, 0.5) is 4.79 Å². The van der Waals surface area contributed by atoms with E-state index < -0.39 is 5.60 Å². The van der Waals surface area contributed by atoms with E-state index in [1.54, 1.807) is 11.3 Å². The van der Waals surface area contributed by atoms with Crippen molar-refractivity contribution in [3.05, 3.63) is 20.8 Å². The number of likely N-dealkylation sites (tertiary alicyclic amines) is 1. The number of rotatable bonds is 5. The lowest BCUT2D eigenvalue weighted by atomic mass is 10.1. The molecule has 2 atom stereocenters. The van der Waals surface area contributed by atoms with Gasteiger partial charge in [0.1, 0.15) is 5.60 Å². The SMILES string of the molecule is CC(NCCC1CCN(C(=O)OC(C)(C)C)C1)c1cc(Br)cs1. The lowest BCUT2D eigenvalue weighted by Crippen LogP contribution is -2.35. The van der Waals surface area contributed by atoms with Crippen LogP contribution in [0, 0.1) is 5.92 Å². The van der Waals surface area contributed by atoms with Gasteiger partial charge in [0.15, 0.2) is 0 Å². The van der Waals surface area contributed by atoms with Crippen LogP contribution in [0.2, 0.25) is 0 Å². The Labute approximate surface area is 151 Å². The molecule has 0 saturated carbocycles. The molecule has 0 bridgehead atoms. The molecule has 1 aromatic rings. The van der Waals surface area contributed by atoms with Crippen molar-refractivity contribution >= 4 is 33.4 Å². The second kappa shape index (κ2) is 7.99. The number of amides is 1. The molecule has 1 aliphatic heterocycles. The summed E-state index contributed by atoms with van der Waals surface area (Å²) in [5.74, 6) is 0.567. The topological polar surface area (TPSA) is 41.6 Å². The Kier molecular flexibility index (Phi) is 6.51. The van der Waals surface area contributed by atoms with E-state index in [4.69, 9.17) is 4.74 Å². The lowest BCUT2D eigenvalue weighted by molar-refractivity contribution is 0.0287. The smallest absolute Gasteiger partial charge is 0.410 e. The molecule has 1 amide bonds. The summed E-state index contributed by atoms with van der Waals surface area (Å²) in [6.45, 7) is 10.5. The molecule has 0 aromatic carbocycles. The van der Waals surface area contributed by atoms with Crippen molar-refractivity contribution in [3.63, 3.8) is 0 Å². The minimum atomic E-state index is -0.416. The molecule has 1 aromatic heterocycles. The van der Waals surface area contributed by atoms with Gasteiger partial charge in [-0.3, -0.25) is 0 Å². The summed E-state index contributed by atoms with van der Waals surface area (Å²) in [5.41, 5.74) is -0.416. The Balaban J connectivity index is 1.69. The van der Waals surface area contributed by atoms with E-state index in [0.717, 1.165) is 36.9 Å². The number of hydrogen-bond donors (Lipinski definition) is 1. The van der Waals surface area contributed by atoms with Crippen LogP contribution >= 0.6 is 27.3 Å². The molecular formula is C17H27BrN2O2S. The van der Waals surface area contributed by atoms with Crippen molar-refractivity contribution in [1.29, 1.82) is 0 Å². The highest BCUT2D eigenvalue weighted by atomic mass is 79.9. The molecule has 6 heteroatoms. The lowest BCUT2D eigenvalue weighted by Gasteiger charge is -2.24. The molecule has 2 unspecified atom stereocenters. The highest BCUT2D eigenvalue weighted by Crippen LogP contribution is 2.26. The highest BCUT2D eigenvalue weighted by Gasteiger charge is 2.29. The van der Waals surface area contributed by atoms with E-state index in [0.29, 0.717) is 12.0 Å². The zero-order chi connectivity index (χ0) is 17.0. The minimum Gasteiger partial charge on any atom is -0.444 e. The first-order chi connectivity index (χ1) is 10.7. The van der Waals surface area contributed by atoms with Crippen molar-refractivity contribution in [2.24, 2.45) is 5.92 Å². The maximum absolute atomic E-state index is 12.1. The van der Waals surface area contributed by atoms with Gasteiger partial charge in [-0.05, 0) is 75.0 Å². The van der Waals surface area contributed by atoms with Crippen molar-refractivity contribution in [1.82, 2.24) is 10.2 Å². The van der Waals surface area contributed by atoms with E-state index in [-0.39, 0.29) is 6.09 Å². The Morgan fingerprint density at radius 2 is 2.30 bits per heavy atom. The summed E-state index contributed by atoms with van der Waals surface area (Å²) in [5, 5.41) is 5.69. The number of ether oxygens (including phenoxy) is 1. The second-order valence-electron chi connectivity index (χ2n) is 7.21. The van der Waals surface area contributed by atoms with Crippen LogP contribution in [0.15, 0.2) is 15.9 Å². The van der Waals surface area contributed by atoms with Crippen LogP contribution in [0.5, 0.6) is 0 Å². The molecule has 1 aliphatic rings. The molecule has 1 saturated heterocycles. The van der Waals surface area contributed by atoms with Gasteiger partial charge in [-0.25, -0.2) is 4.79 Å². The third-order valence-electron chi connectivity index (χ3n) is 3.96. The van der Waals surface area contributed by atoms with E-state index >= 15 is 0 Å². The van der Waals surface area contributed by atoms with Crippen molar-refractivity contribution in [2.75, 3.05) is 19.6 Å². The normalized spacial score (nSPS) is 19.9. The van der Waals surface area contributed by atoms with Crippen LogP contribution in [0.25, 0.3) is 0 Å². The van der Waals surface area contributed by atoms with Gasteiger partial charge in [-0.1, -0.05) is 0 Å². The van der Waals surface area contributed by atoms with Crippen LogP contribution in [0.1, 0.15) is 51.5 Å². The molecule has 2 rings (SSSR count). The first kappa shape index (κ1) is 18.7. The van der Waals surface area contributed by atoms with Gasteiger partial charge in [0, 0.05) is 33.9 Å². The van der Waals surface area contributed by atoms with E-state index in [9.17, 15) is 4.79 Å². The quantitative estimate of drug-likeness (QED) is 0.767. The van der Waals surface area contributed by atoms with Gasteiger partial charge in [0.2, 0.25) is 0 Å². The first-order valence-electron chi connectivity index (χ1n) is 8.20. The third-order valence-corrected chi connectivity index (χ3v) is 5.83. The van der Waals surface area contributed by atoms with Crippen LogP contribution < -0.4 is 5.32 Å². The average Bonchev–Trinajstić information content (AvgIpc) is 3.05. The number of nitrogens with one attached hydrogen (secondary N) is 1. The summed E-state index contributed by atoms with van der Waals surface area (Å²) in [6.07, 6.45) is 1.99. The monoisotopic (exact) mass is 402 g/mol. The predicted octanol–water partition coefficient (Wildman–Crippen LogP) is 4.81. The fourth-order valence-corrected chi connectivity index (χ4v) is 4.20. The number of carbonyl (C=O) groups excluding carboxylic acids is 1. The number of nitrogens with zero attached hydrogens (tertiary/aromatic N) is 1. The van der Waals surface area contributed by atoms with Crippen LogP contribution in [0.3, 0.4) is 0 Å². The molecule has 4 nitrogen and oxygen atoms in total. The first-order valence-corrected chi connectivity index (χ1v) is 9.87. The molecule has 2 heterocycles. The van der Waals surface area contributed by atoms with Gasteiger partial charge < -0.3 is 15.0 Å². The molecule has 130 valence electrons. The summed E-state index contributed by atoms with van der Waals surface area (Å²) in [4.78, 5) is 15.2. The van der Waals surface area contributed by atoms with Gasteiger partial charge in [-0.15, -0.1) is 11.3 Å². The molecule has 0 aliphatic carbocycles. The third kappa shape index (κ3) is 6.08. The number of carbonyl (C=O) groups is 1. The standard InChI is InChI=1S/C17H27BrN2O2S/c1-12(15-9-14(18)11-23-15)19-7-5-13-6-8-20(10-13)16(21)22-17(2,3)4/h9,11-13,19H,5-8,10H2,1-4H3. The molecule has 23 heavy (non-hydrogen) atoms. The van der Waals surface area contributed by atoms with Crippen molar-refractivity contribution in [3.8, 4) is 0 Å². The molecule has 0 spiro atoms.